The zero-order valence-electron chi connectivity index (χ0n) is 15.5. The van der Waals surface area contributed by atoms with Crippen molar-refractivity contribution in [2.45, 2.75) is 26.2 Å². The summed E-state index contributed by atoms with van der Waals surface area (Å²) in [6, 6.07) is 12.2. The Hall–Kier alpha value is -3.34. The van der Waals surface area contributed by atoms with Crippen molar-refractivity contribution in [3.05, 3.63) is 75.1 Å². The van der Waals surface area contributed by atoms with Gasteiger partial charge in [0.05, 0.1) is 17.6 Å². The highest BCUT2D eigenvalue weighted by atomic mass is 16.5. The van der Waals surface area contributed by atoms with Crippen LogP contribution < -0.4 is 10.2 Å². The molecular formula is C23H20O5. The van der Waals surface area contributed by atoms with E-state index in [0.29, 0.717) is 41.7 Å². The van der Waals surface area contributed by atoms with E-state index >= 15 is 0 Å². The summed E-state index contributed by atoms with van der Waals surface area (Å²) >= 11 is 0. The molecule has 0 amide bonds. The summed E-state index contributed by atoms with van der Waals surface area (Å²) in [7, 11) is 0. The third-order valence-electron chi connectivity index (χ3n) is 4.84. The lowest BCUT2D eigenvalue weighted by Crippen LogP contribution is -2.09. The van der Waals surface area contributed by atoms with Gasteiger partial charge >= 0.3 is 5.97 Å². The monoisotopic (exact) mass is 376 g/mol. The van der Waals surface area contributed by atoms with Crippen molar-refractivity contribution in [1.82, 2.24) is 0 Å². The smallest absolute Gasteiger partial charge is 0.335 e. The topological polar surface area (TPSA) is 76.7 Å². The van der Waals surface area contributed by atoms with Crippen LogP contribution in [0.15, 0.2) is 51.7 Å². The van der Waals surface area contributed by atoms with Crippen LogP contribution in [-0.4, -0.2) is 17.7 Å². The number of carboxylic acids is 1. The first-order valence-electron chi connectivity index (χ1n) is 9.33. The number of carbonyl (C=O) groups is 1. The third-order valence-corrected chi connectivity index (χ3v) is 4.84. The van der Waals surface area contributed by atoms with Crippen molar-refractivity contribution < 1.29 is 19.1 Å². The molecule has 0 saturated heterocycles. The highest BCUT2D eigenvalue weighted by molar-refractivity contribution is 5.94. The molecule has 28 heavy (non-hydrogen) atoms. The molecule has 0 saturated carbocycles. The molecule has 3 aromatic rings. The van der Waals surface area contributed by atoms with E-state index in [4.69, 9.17) is 14.3 Å². The fourth-order valence-corrected chi connectivity index (χ4v) is 3.48. The van der Waals surface area contributed by atoms with E-state index in [9.17, 15) is 9.59 Å². The van der Waals surface area contributed by atoms with Gasteiger partial charge in [-0.2, -0.15) is 0 Å². The molecule has 0 unspecified atom stereocenters. The SMILES string of the molecule is CCCOc1cccc(C=C2CCc3c2oc2ccc(C(=O)O)cc2c3=O)c1. The van der Waals surface area contributed by atoms with Crippen molar-refractivity contribution in [3.8, 4) is 5.75 Å². The van der Waals surface area contributed by atoms with Gasteiger partial charge in [-0.1, -0.05) is 19.1 Å². The van der Waals surface area contributed by atoms with Crippen LogP contribution in [0.2, 0.25) is 0 Å². The first-order chi connectivity index (χ1) is 13.6. The van der Waals surface area contributed by atoms with Crippen LogP contribution in [0.4, 0.5) is 0 Å². The van der Waals surface area contributed by atoms with Crippen LogP contribution in [0.3, 0.4) is 0 Å². The van der Waals surface area contributed by atoms with E-state index in [1.807, 2.05) is 30.3 Å². The van der Waals surface area contributed by atoms with Crippen molar-refractivity contribution in [3.63, 3.8) is 0 Å². The summed E-state index contributed by atoms with van der Waals surface area (Å²) in [5.41, 5.74) is 2.89. The molecule has 0 radical (unpaired) electrons. The summed E-state index contributed by atoms with van der Waals surface area (Å²) < 4.78 is 11.7. The average Bonchev–Trinajstić information content (AvgIpc) is 3.09. The Bertz CT molecular complexity index is 1150. The van der Waals surface area contributed by atoms with E-state index in [0.717, 1.165) is 23.3 Å². The number of hydrogen-bond acceptors (Lipinski definition) is 4. The maximum Gasteiger partial charge on any atom is 0.335 e. The molecule has 0 aliphatic heterocycles. The number of rotatable bonds is 5. The van der Waals surface area contributed by atoms with Gasteiger partial charge in [0, 0.05) is 5.56 Å². The molecule has 0 atom stereocenters. The second-order valence-electron chi connectivity index (χ2n) is 6.85. The number of benzene rings is 2. The maximum atomic E-state index is 12.9. The van der Waals surface area contributed by atoms with Crippen LogP contribution >= 0.6 is 0 Å². The highest BCUT2D eigenvalue weighted by Crippen LogP contribution is 2.34. The second kappa shape index (κ2) is 7.35. The Balaban J connectivity index is 1.76. The minimum atomic E-state index is -1.06. The number of hydrogen-bond donors (Lipinski definition) is 1. The fourth-order valence-electron chi connectivity index (χ4n) is 3.48. The van der Waals surface area contributed by atoms with Gasteiger partial charge in [0.1, 0.15) is 17.1 Å². The predicted molar refractivity (Wildman–Crippen MR) is 108 cm³/mol. The number of allylic oxidation sites excluding steroid dienone is 1. The van der Waals surface area contributed by atoms with Gasteiger partial charge < -0.3 is 14.3 Å². The lowest BCUT2D eigenvalue weighted by Gasteiger charge is -2.07. The standard InChI is InChI=1S/C23H20O5/c1-2-10-27-17-5-3-4-14(12-17)11-15-6-8-18-21(24)19-13-16(23(25)26)7-9-20(19)28-22(15)18/h3-5,7,9,11-13H,2,6,8,10H2,1H3,(H,25,26). The van der Waals surface area contributed by atoms with Gasteiger partial charge in [-0.25, -0.2) is 4.79 Å². The Labute approximate surface area is 161 Å². The van der Waals surface area contributed by atoms with Gasteiger partial charge in [-0.3, -0.25) is 4.79 Å². The number of ether oxygens (including phenoxy) is 1. The Morgan fingerprint density at radius 2 is 2.07 bits per heavy atom. The van der Waals surface area contributed by atoms with E-state index < -0.39 is 5.97 Å². The molecule has 1 aliphatic carbocycles. The van der Waals surface area contributed by atoms with Crippen LogP contribution in [0.25, 0.3) is 22.6 Å². The van der Waals surface area contributed by atoms with Gasteiger partial charge in [0.15, 0.2) is 5.43 Å². The molecule has 1 heterocycles. The largest absolute Gasteiger partial charge is 0.494 e. The minimum absolute atomic E-state index is 0.0809. The molecule has 1 aromatic heterocycles. The summed E-state index contributed by atoms with van der Waals surface area (Å²) in [6.45, 7) is 2.73. The van der Waals surface area contributed by atoms with E-state index in [1.165, 1.54) is 12.1 Å². The first kappa shape index (κ1) is 18.0. The zero-order valence-corrected chi connectivity index (χ0v) is 15.5. The third kappa shape index (κ3) is 3.31. The van der Waals surface area contributed by atoms with Crippen LogP contribution in [0.1, 0.15) is 47.0 Å². The number of aromatic carboxylic acids is 1. The Kier molecular flexibility index (Phi) is 4.74. The van der Waals surface area contributed by atoms with E-state index in [-0.39, 0.29) is 11.0 Å². The Morgan fingerprint density at radius 1 is 1.21 bits per heavy atom. The lowest BCUT2D eigenvalue weighted by atomic mass is 10.1. The summed E-state index contributed by atoms with van der Waals surface area (Å²) in [5, 5.41) is 9.47. The molecule has 1 aliphatic rings. The normalized spacial score (nSPS) is 14.4. The van der Waals surface area contributed by atoms with Crippen molar-refractivity contribution in [2.24, 2.45) is 0 Å². The summed E-state index contributed by atoms with van der Waals surface area (Å²) in [6.07, 6.45) is 4.25. The van der Waals surface area contributed by atoms with Gasteiger partial charge in [-0.05, 0) is 66.8 Å². The molecule has 2 aromatic carbocycles. The quantitative estimate of drug-likeness (QED) is 0.694. The van der Waals surface area contributed by atoms with Gasteiger partial charge in [0.25, 0.3) is 0 Å². The lowest BCUT2D eigenvalue weighted by molar-refractivity contribution is 0.0697. The van der Waals surface area contributed by atoms with Crippen LogP contribution in [0, 0.1) is 0 Å². The van der Waals surface area contributed by atoms with E-state index in [1.54, 1.807) is 6.07 Å². The first-order valence-corrected chi connectivity index (χ1v) is 9.33. The fraction of sp³-hybridized carbons (Fsp3) is 0.217. The molecule has 0 bridgehead atoms. The molecule has 4 rings (SSSR count). The number of fused-ring (bicyclic) bond motifs is 2. The minimum Gasteiger partial charge on any atom is -0.494 e. The van der Waals surface area contributed by atoms with Crippen LogP contribution in [-0.2, 0) is 6.42 Å². The molecule has 5 nitrogen and oxygen atoms in total. The zero-order chi connectivity index (χ0) is 19.7. The predicted octanol–water partition coefficient (Wildman–Crippen LogP) is 4.77. The molecular weight excluding hydrogens is 356 g/mol. The summed E-state index contributed by atoms with van der Waals surface area (Å²) in [5.74, 6) is 0.351. The molecule has 1 N–H and O–H groups in total. The Morgan fingerprint density at radius 3 is 2.86 bits per heavy atom. The second-order valence-corrected chi connectivity index (χ2v) is 6.85. The summed E-state index contributed by atoms with van der Waals surface area (Å²) in [4.78, 5) is 24.1. The van der Waals surface area contributed by atoms with Crippen molar-refractivity contribution in [1.29, 1.82) is 0 Å². The van der Waals surface area contributed by atoms with Gasteiger partial charge in [0.2, 0.25) is 0 Å². The van der Waals surface area contributed by atoms with Crippen LogP contribution in [0.5, 0.6) is 5.75 Å². The average molecular weight is 376 g/mol. The van der Waals surface area contributed by atoms with Crippen molar-refractivity contribution in [2.75, 3.05) is 6.61 Å². The number of carboxylic acid groups (broad SMARTS) is 1. The molecule has 5 heteroatoms. The molecule has 142 valence electrons. The molecule has 0 spiro atoms. The molecule has 0 fully saturated rings. The highest BCUT2D eigenvalue weighted by Gasteiger charge is 2.24. The maximum absolute atomic E-state index is 12.9. The van der Waals surface area contributed by atoms with E-state index in [2.05, 4.69) is 6.92 Å². The van der Waals surface area contributed by atoms with Crippen molar-refractivity contribution >= 4 is 28.6 Å². The van der Waals surface area contributed by atoms with Gasteiger partial charge in [-0.15, -0.1) is 0 Å².